The summed E-state index contributed by atoms with van der Waals surface area (Å²) in [7, 11) is 0. The summed E-state index contributed by atoms with van der Waals surface area (Å²) < 4.78 is 0. The van der Waals surface area contributed by atoms with E-state index >= 15 is 0 Å². The number of carbonyl (C=O) groups excluding carboxylic acids is 1. The molecular weight excluding hydrogens is 238 g/mol. The topological polar surface area (TPSA) is 92.6 Å². The molecule has 0 radical (unpaired) electrons. The number of anilines is 2. The molecule has 0 spiro atoms. The number of primary amides is 1. The van der Waals surface area contributed by atoms with Crippen molar-refractivity contribution >= 4 is 27.9 Å². The highest BCUT2D eigenvalue weighted by Crippen LogP contribution is 2.34. The number of aliphatic hydroxyl groups is 1. The molecule has 2 heterocycles. The van der Waals surface area contributed by atoms with Gasteiger partial charge < -0.3 is 21.5 Å². The van der Waals surface area contributed by atoms with Gasteiger partial charge in [-0.2, -0.15) is 0 Å². The van der Waals surface area contributed by atoms with Crippen LogP contribution in [-0.4, -0.2) is 29.7 Å². The summed E-state index contributed by atoms with van der Waals surface area (Å²) >= 11 is 1.32. The number of nitrogens with zero attached hydrogens (tertiary/aromatic N) is 1. The van der Waals surface area contributed by atoms with Gasteiger partial charge in [-0.3, -0.25) is 4.79 Å². The molecule has 1 saturated heterocycles. The number of amides is 1. The Morgan fingerprint density at radius 2 is 2.12 bits per heavy atom. The summed E-state index contributed by atoms with van der Waals surface area (Å²) in [6.45, 7) is 3.39. The van der Waals surface area contributed by atoms with Gasteiger partial charge in [0.15, 0.2) is 0 Å². The largest absolute Gasteiger partial charge is 0.397 e. The molecule has 0 aliphatic carbocycles. The number of carbonyl (C=O) groups is 1. The summed E-state index contributed by atoms with van der Waals surface area (Å²) in [4.78, 5) is 13.7. The normalized spacial score (nSPS) is 19.3. The maximum Gasteiger partial charge on any atom is 0.260 e. The zero-order valence-electron chi connectivity index (χ0n) is 9.77. The van der Waals surface area contributed by atoms with Crippen molar-refractivity contribution in [2.24, 2.45) is 5.73 Å². The van der Waals surface area contributed by atoms with Crippen LogP contribution >= 0.6 is 11.3 Å². The van der Waals surface area contributed by atoms with Gasteiger partial charge in [0.25, 0.3) is 5.91 Å². The van der Waals surface area contributed by atoms with Gasteiger partial charge in [-0.15, -0.1) is 11.3 Å². The Kier molecular flexibility index (Phi) is 3.01. The van der Waals surface area contributed by atoms with Crippen LogP contribution in [0.2, 0.25) is 0 Å². The Hall–Kier alpha value is -1.27. The van der Waals surface area contributed by atoms with Crippen LogP contribution in [0.3, 0.4) is 0 Å². The predicted octanol–water partition coefficient (Wildman–Crippen LogP) is 0.780. The molecule has 6 heteroatoms. The molecule has 17 heavy (non-hydrogen) atoms. The lowest BCUT2D eigenvalue weighted by molar-refractivity contribution is 0.0352. The molecule has 94 valence electrons. The lowest BCUT2D eigenvalue weighted by atomic mass is 9.94. The fourth-order valence-corrected chi connectivity index (χ4v) is 2.93. The summed E-state index contributed by atoms with van der Waals surface area (Å²) in [5, 5.41) is 10.8. The summed E-state index contributed by atoms with van der Waals surface area (Å²) in [5.74, 6) is -0.484. The van der Waals surface area contributed by atoms with Crippen LogP contribution in [0.5, 0.6) is 0 Å². The van der Waals surface area contributed by atoms with Crippen molar-refractivity contribution in [1.82, 2.24) is 0 Å². The van der Waals surface area contributed by atoms with E-state index in [-0.39, 0.29) is 0 Å². The first kappa shape index (κ1) is 12.2. The molecule has 1 aliphatic rings. The fraction of sp³-hybridized carbons (Fsp3) is 0.545. The molecule has 5 nitrogen and oxygen atoms in total. The van der Waals surface area contributed by atoms with Crippen LogP contribution in [0.4, 0.5) is 10.7 Å². The third-order valence-electron chi connectivity index (χ3n) is 3.12. The van der Waals surface area contributed by atoms with Crippen LogP contribution in [0.1, 0.15) is 29.4 Å². The highest BCUT2D eigenvalue weighted by Gasteiger charge is 2.28. The van der Waals surface area contributed by atoms with Gasteiger partial charge in [0.2, 0.25) is 0 Å². The van der Waals surface area contributed by atoms with Crippen LogP contribution in [0.25, 0.3) is 0 Å². The van der Waals surface area contributed by atoms with Crippen molar-refractivity contribution in [3.05, 3.63) is 10.9 Å². The molecular formula is C11H17N3O2S. The standard InChI is InChI=1S/C11H17N3O2S/c1-11(16)2-4-14(5-3-11)8-6-7(12)9(17-8)10(13)15/h6,16H,2-5,12H2,1H3,(H2,13,15). The van der Waals surface area contributed by atoms with Gasteiger partial charge in [0.05, 0.1) is 16.3 Å². The first-order chi connectivity index (χ1) is 7.89. The zero-order chi connectivity index (χ0) is 12.6. The van der Waals surface area contributed by atoms with Crippen LogP contribution in [0, 0.1) is 0 Å². The Bertz CT molecular complexity index is 432. The van der Waals surface area contributed by atoms with Gasteiger partial charge in [0.1, 0.15) is 4.88 Å². The van der Waals surface area contributed by atoms with E-state index in [4.69, 9.17) is 11.5 Å². The highest BCUT2D eigenvalue weighted by molar-refractivity contribution is 7.18. The molecule has 1 aromatic heterocycles. The minimum atomic E-state index is -0.578. The maximum atomic E-state index is 11.1. The number of thiophene rings is 1. The lowest BCUT2D eigenvalue weighted by Gasteiger charge is -2.36. The van der Waals surface area contributed by atoms with Crippen molar-refractivity contribution in [3.63, 3.8) is 0 Å². The second kappa shape index (κ2) is 4.19. The number of hydrogen-bond donors (Lipinski definition) is 3. The van der Waals surface area contributed by atoms with Gasteiger partial charge in [-0.25, -0.2) is 0 Å². The second-order valence-corrected chi connectivity index (χ2v) is 5.75. The van der Waals surface area contributed by atoms with Crippen molar-refractivity contribution in [2.75, 3.05) is 23.7 Å². The Balaban J connectivity index is 2.14. The summed E-state index contributed by atoms with van der Waals surface area (Å²) in [5.41, 5.74) is 10.8. The molecule has 5 N–H and O–H groups in total. The van der Waals surface area contributed by atoms with Gasteiger partial charge in [0, 0.05) is 13.1 Å². The van der Waals surface area contributed by atoms with E-state index in [1.807, 2.05) is 6.92 Å². The smallest absolute Gasteiger partial charge is 0.260 e. The monoisotopic (exact) mass is 255 g/mol. The quantitative estimate of drug-likeness (QED) is 0.728. The average molecular weight is 255 g/mol. The van der Waals surface area contributed by atoms with Crippen molar-refractivity contribution < 1.29 is 9.90 Å². The van der Waals surface area contributed by atoms with E-state index in [1.54, 1.807) is 6.07 Å². The number of piperidine rings is 1. The lowest BCUT2D eigenvalue weighted by Crippen LogP contribution is -2.42. The van der Waals surface area contributed by atoms with Crippen molar-refractivity contribution in [2.45, 2.75) is 25.4 Å². The third kappa shape index (κ3) is 2.53. The van der Waals surface area contributed by atoms with Crippen molar-refractivity contribution in [1.29, 1.82) is 0 Å². The summed E-state index contributed by atoms with van der Waals surface area (Å²) in [6.07, 6.45) is 1.44. The van der Waals surface area contributed by atoms with Crippen LogP contribution in [0.15, 0.2) is 6.07 Å². The van der Waals surface area contributed by atoms with E-state index in [1.165, 1.54) is 11.3 Å². The molecule has 0 bridgehead atoms. The molecule has 0 saturated carbocycles. The fourth-order valence-electron chi connectivity index (χ4n) is 1.95. The molecule has 0 atom stereocenters. The predicted molar refractivity (Wildman–Crippen MR) is 69.3 cm³/mol. The van der Waals surface area contributed by atoms with Gasteiger partial charge in [-0.05, 0) is 25.8 Å². The van der Waals surface area contributed by atoms with E-state index < -0.39 is 11.5 Å². The molecule has 0 aromatic carbocycles. The second-order valence-electron chi connectivity index (χ2n) is 4.72. The maximum absolute atomic E-state index is 11.1. The molecule has 2 rings (SSSR count). The number of nitrogens with two attached hydrogens (primary N) is 2. The van der Waals surface area contributed by atoms with Crippen LogP contribution < -0.4 is 16.4 Å². The Morgan fingerprint density at radius 1 is 1.53 bits per heavy atom. The number of nitrogen functional groups attached to an aromatic ring is 1. The van der Waals surface area contributed by atoms with E-state index in [0.29, 0.717) is 10.6 Å². The minimum absolute atomic E-state index is 0.414. The first-order valence-corrected chi connectivity index (χ1v) is 6.37. The van der Waals surface area contributed by atoms with Crippen molar-refractivity contribution in [3.8, 4) is 0 Å². The minimum Gasteiger partial charge on any atom is -0.397 e. The molecule has 1 aliphatic heterocycles. The Morgan fingerprint density at radius 3 is 2.59 bits per heavy atom. The van der Waals surface area contributed by atoms with E-state index in [9.17, 15) is 9.90 Å². The van der Waals surface area contributed by atoms with Gasteiger partial charge >= 0.3 is 0 Å². The molecule has 1 aromatic rings. The molecule has 1 fully saturated rings. The SMILES string of the molecule is CC1(O)CCN(c2cc(N)c(C(N)=O)s2)CC1. The number of hydrogen-bond acceptors (Lipinski definition) is 5. The van der Waals surface area contributed by atoms with E-state index in [0.717, 1.165) is 30.9 Å². The zero-order valence-corrected chi connectivity index (χ0v) is 10.6. The molecule has 1 amide bonds. The average Bonchev–Trinajstić information content (AvgIpc) is 2.60. The number of rotatable bonds is 2. The summed E-state index contributed by atoms with van der Waals surface area (Å²) in [6, 6.07) is 1.78. The van der Waals surface area contributed by atoms with E-state index in [2.05, 4.69) is 4.90 Å². The van der Waals surface area contributed by atoms with Gasteiger partial charge in [-0.1, -0.05) is 0 Å². The third-order valence-corrected chi connectivity index (χ3v) is 4.35. The first-order valence-electron chi connectivity index (χ1n) is 5.55. The highest BCUT2D eigenvalue weighted by atomic mass is 32.1. The Labute approximate surface area is 104 Å². The van der Waals surface area contributed by atoms with Crippen LogP contribution in [-0.2, 0) is 0 Å². The molecule has 0 unspecified atom stereocenters.